The Hall–Kier alpha value is -1.76. The smallest absolute Gasteiger partial charge is 0.327 e. The minimum Gasteiger partial charge on any atom is -0.480 e. The van der Waals surface area contributed by atoms with Gasteiger partial charge in [0, 0.05) is 11.2 Å². The molecule has 0 aromatic carbocycles. The van der Waals surface area contributed by atoms with E-state index in [1.54, 1.807) is 0 Å². The number of rotatable bonds is 4. The van der Waals surface area contributed by atoms with Crippen molar-refractivity contribution in [1.82, 2.24) is 10.2 Å². The van der Waals surface area contributed by atoms with Gasteiger partial charge in [0.25, 0.3) is 0 Å². The second-order valence-corrected chi connectivity index (χ2v) is 8.36. The molecule has 124 valence electrons. The van der Waals surface area contributed by atoms with Crippen molar-refractivity contribution in [2.24, 2.45) is 0 Å². The number of amides is 2. The van der Waals surface area contributed by atoms with Gasteiger partial charge in [-0.3, -0.25) is 9.59 Å². The molecular weight excluding hydrogens is 316 g/mol. The maximum absolute atomic E-state index is 12.3. The highest BCUT2D eigenvalue weighted by Gasteiger charge is 2.64. The van der Waals surface area contributed by atoms with Crippen LogP contribution < -0.4 is 5.32 Å². The zero-order chi connectivity index (χ0) is 16.8. The average molecular weight is 336 g/mol. The summed E-state index contributed by atoms with van der Waals surface area (Å²) in [4.78, 5) is 37.3. The van der Waals surface area contributed by atoms with Crippen molar-refractivity contribution in [2.75, 3.05) is 0 Å². The van der Waals surface area contributed by atoms with E-state index in [9.17, 15) is 19.5 Å². The molecule has 6 nitrogen and oxygen atoms in total. The highest BCUT2D eigenvalue weighted by molar-refractivity contribution is 8.01. The van der Waals surface area contributed by atoms with Crippen molar-refractivity contribution in [1.29, 1.82) is 0 Å². The van der Waals surface area contributed by atoms with Crippen LogP contribution in [0.2, 0.25) is 0 Å². The first-order valence-corrected chi connectivity index (χ1v) is 8.54. The second kappa shape index (κ2) is 5.70. The number of nitrogens with zero attached hydrogens (tertiary/aromatic N) is 1. The second-order valence-electron chi connectivity index (χ2n) is 6.59. The van der Waals surface area contributed by atoms with E-state index in [0.717, 1.165) is 18.4 Å². The van der Waals surface area contributed by atoms with Crippen molar-refractivity contribution in [2.45, 2.75) is 55.3 Å². The van der Waals surface area contributed by atoms with Gasteiger partial charge in [-0.1, -0.05) is 23.8 Å². The molecule has 0 aromatic rings. The van der Waals surface area contributed by atoms with Crippen LogP contribution in [-0.2, 0) is 14.4 Å². The summed E-state index contributed by atoms with van der Waals surface area (Å²) < 4.78 is -0.567. The van der Waals surface area contributed by atoms with Gasteiger partial charge in [-0.15, -0.1) is 11.8 Å². The highest BCUT2D eigenvalue weighted by atomic mass is 32.2. The first kappa shape index (κ1) is 16.1. The van der Waals surface area contributed by atoms with Crippen molar-refractivity contribution < 1.29 is 19.5 Å². The van der Waals surface area contributed by atoms with E-state index in [0.29, 0.717) is 0 Å². The number of fused-ring (bicyclic) bond motifs is 1. The topological polar surface area (TPSA) is 86.7 Å². The molecule has 2 saturated heterocycles. The molecule has 0 unspecified atom stereocenters. The lowest BCUT2D eigenvalue weighted by Crippen LogP contribution is -2.70. The number of thioether (sulfide) groups is 1. The van der Waals surface area contributed by atoms with Gasteiger partial charge >= 0.3 is 5.97 Å². The van der Waals surface area contributed by atoms with Gasteiger partial charge in [0.15, 0.2) is 0 Å². The Bertz CT molecular complexity index is 626. The van der Waals surface area contributed by atoms with Crippen LogP contribution in [-0.4, -0.2) is 50.0 Å². The van der Waals surface area contributed by atoms with E-state index in [-0.39, 0.29) is 23.6 Å². The molecule has 2 N–H and O–H groups in total. The lowest BCUT2D eigenvalue weighted by Gasteiger charge is -2.43. The number of aliphatic carboxylic acids is 1. The summed E-state index contributed by atoms with van der Waals surface area (Å²) >= 11 is 1.44. The average Bonchev–Trinajstić information content (AvgIpc) is 2.74. The van der Waals surface area contributed by atoms with Crippen LogP contribution in [0.25, 0.3) is 0 Å². The molecule has 3 rings (SSSR count). The lowest BCUT2D eigenvalue weighted by atomic mass is 9.95. The number of β-lactam (4-membered cyclic amide) rings is 1. The van der Waals surface area contributed by atoms with E-state index in [2.05, 4.69) is 11.4 Å². The van der Waals surface area contributed by atoms with Crippen molar-refractivity contribution in [3.05, 3.63) is 23.8 Å². The van der Waals surface area contributed by atoms with Gasteiger partial charge in [-0.2, -0.15) is 0 Å². The summed E-state index contributed by atoms with van der Waals surface area (Å²) in [5.74, 6) is -1.48. The molecular formula is C16H20N2O4S. The predicted octanol–water partition coefficient (Wildman–Crippen LogP) is 1.28. The Kier molecular flexibility index (Phi) is 4.00. The largest absolute Gasteiger partial charge is 0.480 e. The summed E-state index contributed by atoms with van der Waals surface area (Å²) in [6.07, 6.45) is 8.01. The molecule has 0 saturated carbocycles. The van der Waals surface area contributed by atoms with E-state index >= 15 is 0 Å². The highest BCUT2D eigenvalue weighted by Crippen LogP contribution is 2.50. The molecule has 0 bridgehead atoms. The number of carbonyl (C=O) groups is 3. The predicted molar refractivity (Wildman–Crippen MR) is 86.7 cm³/mol. The molecule has 2 heterocycles. The van der Waals surface area contributed by atoms with Crippen LogP contribution >= 0.6 is 11.8 Å². The third kappa shape index (κ3) is 2.78. The molecule has 2 fully saturated rings. The van der Waals surface area contributed by atoms with Gasteiger partial charge in [0.1, 0.15) is 17.5 Å². The number of allylic oxidation sites excluding steroid dienone is 3. The summed E-state index contributed by atoms with van der Waals surface area (Å²) in [5, 5.41) is 11.8. The summed E-state index contributed by atoms with van der Waals surface area (Å²) in [6.45, 7) is 3.64. The molecule has 3 atom stereocenters. The summed E-state index contributed by atoms with van der Waals surface area (Å²) in [6, 6.07) is -1.46. The third-order valence-corrected chi connectivity index (χ3v) is 6.04. The maximum Gasteiger partial charge on any atom is 0.327 e. The molecule has 7 heteroatoms. The lowest BCUT2D eigenvalue weighted by molar-refractivity contribution is -0.161. The number of carboxylic acid groups (broad SMARTS) is 1. The summed E-state index contributed by atoms with van der Waals surface area (Å²) in [7, 11) is 0. The molecule has 23 heavy (non-hydrogen) atoms. The molecule has 0 aromatic heterocycles. The van der Waals surface area contributed by atoms with Crippen LogP contribution in [0.5, 0.6) is 0 Å². The summed E-state index contributed by atoms with van der Waals surface area (Å²) in [5.41, 5.74) is 1.05. The van der Waals surface area contributed by atoms with Gasteiger partial charge in [0.05, 0.1) is 0 Å². The van der Waals surface area contributed by atoms with Gasteiger partial charge < -0.3 is 15.3 Å². The number of carboxylic acids is 1. The van der Waals surface area contributed by atoms with Crippen LogP contribution in [0.15, 0.2) is 23.8 Å². The van der Waals surface area contributed by atoms with Crippen LogP contribution in [0.4, 0.5) is 0 Å². The Morgan fingerprint density at radius 3 is 2.78 bits per heavy atom. The molecule has 1 aliphatic carbocycles. The number of carbonyl (C=O) groups excluding carboxylic acids is 2. The molecule has 2 aliphatic heterocycles. The van der Waals surface area contributed by atoms with Crippen molar-refractivity contribution >= 4 is 29.5 Å². The number of nitrogens with one attached hydrogen (secondary N) is 1. The standard InChI is InChI=1S/C16H20N2O4S/c1-16(2)12(15(21)22)18-13(20)11(14(18)23-16)17-10(19)8-9-6-4-3-5-7-9/h3-4,7,11-12,14H,5-6,8H2,1-2H3,(H,17,19)(H,21,22)/t11-,12+,14-/m1/s1. The molecule has 0 spiro atoms. The normalized spacial score (nSPS) is 31.2. The first-order valence-electron chi connectivity index (χ1n) is 7.66. The molecule has 0 radical (unpaired) electrons. The van der Waals surface area contributed by atoms with E-state index < -0.39 is 22.8 Å². The van der Waals surface area contributed by atoms with Crippen molar-refractivity contribution in [3.8, 4) is 0 Å². The quantitative estimate of drug-likeness (QED) is 0.597. The fourth-order valence-corrected chi connectivity index (χ4v) is 4.99. The minimum atomic E-state index is -0.998. The third-order valence-electron chi connectivity index (χ3n) is 4.47. The minimum absolute atomic E-state index is 0.179. The number of hydrogen-bond acceptors (Lipinski definition) is 4. The SMILES string of the molecule is CC1(C)S[C@@H]2[C@H](NC(=O)CC3=CCC=CC3)C(=O)N2[C@H]1C(=O)O. The van der Waals surface area contributed by atoms with Crippen LogP contribution in [0.1, 0.15) is 33.1 Å². The fourth-order valence-electron chi connectivity index (χ4n) is 3.37. The first-order chi connectivity index (χ1) is 10.8. The van der Waals surface area contributed by atoms with Crippen molar-refractivity contribution in [3.63, 3.8) is 0 Å². The molecule has 3 aliphatic rings. The monoisotopic (exact) mass is 336 g/mol. The Morgan fingerprint density at radius 2 is 2.17 bits per heavy atom. The Balaban J connectivity index is 1.63. The van der Waals surface area contributed by atoms with Gasteiger partial charge in [-0.05, 0) is 26.7 Å². The maximum atomic E-state index is 12.3. The van der Waals surface area contributed by atoms with E-state index in [4.69, 9.17) is 0 Å². The van der Waals surface area contributed by atoms with Gasteiger partial charge in [-0.25, -0.2) is 4.79 Å². The Labute approximate surface area is 139 Å². The Morgan fingerprint density at radius 1 is 1.43 bits per heavy atom. The number of hydrogen-bond donors (Lipinski definition) is 2. The molecule has 2 amide bonds. The zero-order valence-corrected chi connectivity index (χ0v) is 13.9. The van der Waals surface area contributed by atoms with Gasteiger partial charge in [0.2, 0.25) is 11.8 Å². The fraction of sp³-hybridized carbons (Fsp3) is 0.562. The zero-order valence-electron chi connectivity index (χ0n) is 13.1. The van der Waals surface area contributed by atoms with Crippen LogP contribution in [0.3, 0.4) is 0 Å². The van der Waals surface area contributed by atoms with Crippen LogP contribution in [0, 0.1) is 0 Å². The van der Waals surface area contributed by atoms with E-state index in [1.165, 1.54) is 16.7 Å². The van der Waals surface area contributed by atoms with E-state index in [1.807, 2.05) is 26.0 Å².